The van der Waals surface area contributed by atoms with E-state index >= 15 is 0 Å². The monoisotopic (exact) mass is 150 g/mol. The molecule has 0 aromatic heterocycles. The SMILES string of the molecule is O[C@H]1C2CC3C4CCC2C4C31. The van der Waals surface area contributed by atoms with E-state index in [4.69, 9.17) is 0 Å². The van der Waals surface area contributed by atoms with Gasteiger partial charge in [-0.3, -0.25) is 0 Å². The average molecular weight is 150 g/mol. The van der Waals surface area contributed by atoms with Crippen molar-refractivity contribution in [1.82, 2.24) is 0 Å². The van der Waals surface area contributed by atoms with Crippen molar-refractivity contribution in [2.45, 2.75) is 25.4 Å². The van der Waals surface area contributed by atoms with Crippen molar-refractivity contribution in [3.8, 4) is 0 Å². The molecular weight excluding hydrogens is 136 g/mol. The number of hydrogen-bond acceptors (Lipinski definition) is 1. The molecule has 4 fully saturated rings. The molecule has 4 aliphatic rings. The molecule has 6 unspecified atom stereocenters. The number of fused-ring (bicyclic) bond motifs is 3. The molecule has 0 saturated heterocycles. The van der Waals surface area contributed by atoms with Gasteiger partial charge in [-0.25, -0.2) is 0 Å². The highest BCUT2D eigenvalue weighted by atomic mass is 16.3. The summed E-state index contributed by atoms with van der Waals surface area (Å²) in [4.78, 5) is 0. The molecule has 0 radical (unpaired) electrons. The van der Waals surface area contributed by atoms with Crippen molar-refractivity contribution >= 4 is 0 Å². The Morgan fingerprint density at radius 3 is 2.18 bits per heavy atom. The summed E-state index contributed by atoms with van der Waals surface area (Å²) in [5, 5.41) is 9.85. The lowest BCUT2D eigenvalue weighted by atomic mass is 9.56. The summed E-state index contributed by atoms with van der Waals surface area (Å²) in [6, 6.07) is 0. The highest BCUT2D eigenvalue weighted by Gasteiger charge is 2.71. The third kappa shape index (κ3) is 0.376. The molecule has 1 heteroatoms. The van der Waals surface area contributed by atoms with Gasteiger partial charge in [0.2, 0.25) is 0 Å². The van der Waals surface area contributed by atoms with Gasteiger partial charge in [-0.2, -0.15) is 0 Å². The molecule has 0 aromatic rings. The molecule has 4 saturated carbocycles. The van der Waals surface area contributed by atoms with Crippen LogP contribution in [0.25, 0.3) is 0 Å². The quantitative estimate of drug-likeness (QED) is 0.551. The van der Waals surface area contributed by atoms with Gasteiger partial charge in [-0.1, -0.05) is 0 Å². The van der Waals surface area contributed by atoms with Crippen LogP contribution in [0.15, 0.2) is 0 Å². The lowest BCUT2D eigenvalue weighted by Gasteiger charge is -2.48. The Morgan fingerprint density at radius 2 is 1.55 bits per heavy atom. The van der Waals surface area contributed by atoms with E-state index in [1.165, 1.54) is 19.3 Å². The first-order chi connectivity index (χ1) is 5.38. The van der Waals surface area contributed by atoms with Crippen LogP contribution in [-0.2, 0) is 0 Å². The summed E-state index contributed by atoms with van der Waals surface area (Å²) in [7, 11) is 0. The maximum Gasteiger partial charge on any atom is 0.0605 e. The van der Waals surface area contributed by atoms with Crippen LogP contribution in [0, 0.1) is 35.5 Å². The van der Waals surface area contributed by atoms with Crippen molar-refractivity contribution in [3.05, 3.63) is 0 Å². The number of aliphatic hydroxyl groups excluding tert-OH is 1. The van der Waals surface area contributed by atoms with Crippen molar-refractivity contribution in [3.63, 3.8) is 0 Å². The van der Waals surface area contributed by atoms with Crippen LogP contribution in [0.2, 0.25) is 0 Å². The molecule has 0 heterocycles. The minimum atomic E-state index is 0.131. The first-order valence-corrected chi connectivity index (χ1v) is 5.06. The zero-order chi connectivity index (χ0) is 7.16. The summed E-state index contributed by atoms with van der Waals surface area (Å²) in [6.07, 6.45) is 4.47. The number of aliphatic hydroxyl groups is 1. The zero-order valence-electron chi connectivity index (χ0n) is 6.61. The topological polar surface area (TPSA) is 20.2 Å². The number of rotatable bonds is 0. The summed E-state index contributed by atoms with van der Waals surface area (Å²) < 4.78 is 0. The minimum Gasteiger partial charge on any atom is -0.393 e. The van der Waals surface area contributed by atoms with Crippen molar-refractivity contribution < 1.29 is 5.11 Å². The summed E-state index contributed by atoms with van der Waals surface area (Å²) in [6.45, 7) is 0. The molecule has 60 valence electrons. The highest BCUT2D eigenvalue weighted by molar-refractivity contribution is 5.19. The van der Waals surface area contributed by atoms with Gasteiger partial charge >= 0.3 is 0 Å². The largest absolute Gasteiger partial charge is 0.393 e. The van der Waals surface area contributed by atoms with E-state index in [2.05, 4.69) is 0 Å². The molecule has 1 N–H and O–H groups in total. The maximum atomic E-state index is 9.85. The molecule has 0 amide bonds. The molecule has 11 heavy (non-hydrogen) atoms. The Labute approximate surface area is 66.8 Å². The van der Waals surface area contributed by atoms with Gasteiger partial charge in [-0.05, 0) is 54.8 Å². The predicted molar refractivity (Wildman–Crippen MR) is 40.8 cm³/mol. The van der Waals surface area contributed by atoms with Crippen LogP contribution >= 0.6 is 0 Å². The summed E-state index contributed by atoms with van der Waals surface area (Å²) in [5.74, 6) is 5.52. The normalized spacial score (nSPS) is 75.5. The third-order valence-electron chi connectivity index (χ3n) is 5.24. The second-order valence-corrected chi connectivity index (χ2v) is 5.11. The summed E-state index contributed by atoms with van der Waals surface area (Å²) >= 11 is 0. The van der Waals surface area contributed by atoms with E-state index < -0.39 is 0 Å². The second-order valence-electron chi connectivity index (χ2n) is 5.11. The highest BCUT2D eigenvalue weighted by Crippen LogP contribution is 2.74. The Morgan fingerprint density at radius 1 is 0.818 bits per heavy atom. The second kappa shape index (κ2) is 1.39. The van der Waals surface area contributed by atoms with Crippen LogP contribution in [0.1, 0.15) is 19.3 Å². The predicted octanol–water partition coefficient (Wildman–Crippen LogP) is 1.27. The molecule has 0 aliphatic heterocycles. The van der Waals surface area contributed by atoms with Crippen molar-refractivity contribution in [1.29, 1.82) is 0 Å². The molecule has 7 atom stereocenters. The van der Waals surface area contributed by atoms with E-state index in [1.807, 2.05) is 0 Å². The molecule has 0 aromatic carbocycles. The van der Waals surface area contributed by atoms with E-state index in [-0.39, 0.29) is 6.10 Å². The fraction of sp³-hybridized carbons (Fsp3) is 1.00. The van der Waals surface area contributed by atoms with Gasteiger partial charge < -0.3 is 5.11 Å². The molecule has 4 rings (SSSR count). The summed E-state index contributed by atoms with van der Waals surface area (Å²) in [5.41, 5.74) is 0. The van der Waals surface area contributed by atoms with Crippen molar-refractivity contribution in [2.24, 2.45) is 35.5 Å². The minimum absolute atomic E-state index is 0.131. The Bertz CT molecular complexity index is 211. The zero-order valence-corrected chi connectivity index (χ0v) is 6.61. The lowest BCUT2D eigenvalue weighted by Crippen LogP contribution is -2.45. The van der Waals surface area contributed by atoms with Crippen LogP contribution in [0.4, 0.5) is 0 Å². The number of hydrogen-bond donors (Lipinski definition) is 1. The molecular formula is C10H14O. The van der Waals surface area contributed by atoms with Crippen molar-refractivity contribution in [2.75, 3.05) is 0 Å². The fourth-order valence-corrected chi connectivity index (χ4v) is 5.06. The molecule has 2 bridgehead atoms. The van der Waals surface area contributed by atoms with Gasteiger partial charge in [0.1, 0.15) is 0 Å². The van der Waals surface area contributed by atoms with E-state index in [0.29, 0.717) is 0 Å². The van der Waals surface area contributed by atoms with Gasteiger partial charge in [-0.15, -0.1) is 0 Å². The van der Waals surface area contributed by atoms with Crippen LogP contribution < -0.4 is 0 Å². The smallest absolute Gasteiger partial charge is 0.0605 e. The van der Waals surface area contributed by atoms with Gasteiger partial charge in [0.25, 0.3) is 0 Å². The van der Waals surface area contributed by atoms with Gasteiger partial charge in [0, 0.05) is 0 Å². The average Bonchev–Trinajstić information content (AvgIpc) is 2.45. The Hall–Kier alpha value is -0.0400. The van der Waals surface area contributed by atoms with Crippen LogP contribution in [0.3, 0.4) is 0 Å². The lowest BCUT2D eigenvalue weighted by molar-refractivity contribution is -0.0307. The Balaban J connectivity index is 1.89. The maximum absolute atomic E-state index is 9.85. The Kier molecular flexibility index (Phi) is 0.706. The molecule has 0 spiro atoms. The van der Waals surface area contributed by atoms with E-state index in [0.717, 1.165) is 35.5 Å². The standard InChI is InChI=1S/C10H14O/c11-10-7-3-6-4-1-2-5(7)8(4)9(6)10/h4-11H,1-3H2/t4?,5?,6?,7?,8?,9?,10-/m0/s1. The van der Waals surface area contributed by atoms with Crippen LogP contribution in [0.5, 0.6) is 0 Å². The van der Waals surface area contributed by atoms with E-state index in [9.17, 15) is 5.11 Å². The molecule has 1 nitrogen and oxygen atoms in total. The first kappa shape index (κ1) is 5.58. The fourth-order valence-electron chi connectivity index (χ4n) is 5.06. The van der Waals surface area contributed by atoms with Crippen LogP contribution in [-0.4, -0.2) is 11.2 Å². The van der Waals surface area contributed by atoms with Gasteiger partial charge in [0.15, 0.2) is 0 Å². The molecule has 4 aliphatic carbocycles. The first-order valence-electron chi connectivity index (χ1n) is 5.06. The third-order valence-corrected chi connectivity index (χ3v) is 5.24. The van der Waals surface area contributed by atoms with Gasteiger partial charge in [0.05, 0.1) is 6.10 Å². The van der Waals surface area contributed by atoms with E-state index in [1.54, 1.807) is 0 Å².